The van der Waals surface area contributed by atoms with Crippen molar-refractivity contribution in [3.63, 3.8) is 0 Å². The number of anilines is 1. The Labute approximate surface area is 108 Å². The predicted molar refractivity (Wildman–Crippen MR) is 73.3 cm³/mol. The molecule has 1 aliphatic rings. The Kier molecular flexibility index (Phi) is 3.87. The number of nitrogens with zero attached hydrogens (tertiary/aromatic N) is 2. The average molecular weight is 247 g/mol. The third kappa shape index (κ3) is 2.82. The molecule has 0 radical (unpaired) electrons. The van der Waals surface area contributed by atoms with Crippen LogP contribution < -0.4 is 5.73 Å². The first kappa shape index (κ1) is 12.9. The van der Waals surface area contributed by atoms with Crippen LogP contribution in [-0.4, -0.2) is 48.9 Å². The Morgan fingerprint density at radius 3 is 2.56 bits per heavy atom. The fraction of sp³-hybridized carbons (Fsp3) is 0.500. The van der Waals surface area contributed by atoms with E-state index in [1.54, 1.807) is 0 Å². The Morgan fingerprint density at radius 1 is 1.28 bits per heavy atom. The molecule has 98 valence electrons. The molecular weight excluding hydrogens is 226 g/mol. The van der Waals surface area contributed by atoms with E-state index in [1.165, 1.54) is 0 Å². The van der Waals surface area contributed by atoms with E-state index in [9.17, 15) is 4.79 Å². The van der Waals surface area contributed by atoms with Crippen LogP contribution >= 0.6 is 0 Å². The lowest BCUT2D eigenvalue weighted by atomic mass is 9.99. The van der Waals surface area contributed by atoms with Crippen molar-refractivity contribution in [2.45, 2.75) is 12.8 Å². The minimum absolute atomic E-state index is 0.114. The van der Waals surface area contributed by atoms with Crippen LogP contribution in [0.3, 0.4) is 0 Å². The zero-order valence-electron chi connectivity index (χ0n) is 11.1. The topological polar surface area (TPSA) is 49.6 Å². The van der Waals surface area contributed by atoms with Gasteiger partial charge in [-0.25, -0.2) is 0 Å². The summed E-state index contributed by atoms with van der Waals surface area (Å²) in [6.07, 6.45) is 0. The first-order valence-corrected chi connectivity index (χ1v) is 6.40. The van der Waals surface area contributed by atoms with E-state index in [-0.39, 0.29) is 11.8 Å². The van der Waals surface area contributed by atoms with E-state index < -0.39 is 0 Å². The summed E-state index contributed by atoms with van der Waals surface area (Å²) in [5.74, 6) is 0.0885. The molecule has 0 saturated carbocycles. The van der Waals surface area contributed by atoms with E-state index in [2.05, 4.69) is 11.9 Å². The zero-order valence-corrected chi connectivity index (χ0v) is 11.1. The number of hydrogen-bond donors (Lipinski definition) is 1. The molecule has 2 rings (SSSR count). The Balaban J connectivity index is 2.04. The maximum Gasteiger partial charge on any atom is 0.229 e. The molecule has 18 heavy (non-hydrogen) atoms. The summed E-state index contributed by atoms with van der Waals surface area (Å²) < 4.78 is 0. The van der Waals surface area contributed by atoms with Gasteiger partial charge in [-0.05, 0) is 31.7 Å². The fourth-order valence-corrected chi connectivity index (χ4v) is 2.27. The number of carbonyl (C=O) groups excluding carboxylic acids is 1. The van der Waals surface area contributed by atoms with Gasteiger partial charge in [0.1, 0.15) is 0 Å². The summed E-state index contributed by atoms with van der Waals surface area (Å²) in [5.41, 5.74) is 7.47. The van der Waals surface area contributed by atoms with E-state index in [0.29, 0.717) is 5.69 Å². The van der Waals surface area contributed by atoms with E-state index >= 15 is 0 Å². The van der Waals surface area contributed by atoms with E-state index in [1.807, 2.05) is 36.1 Å². The van der Waals surface area contributed by atoms with Gasteiger partial charge in [0.15, 0.2) is 0 Å². The van der Waals surface area contributed by atoms with Crippen molar-refractivity contribution >= 4 is 11.6 Å². The molecule has 1 amide bonds. The molecule has 4 nitrogen and oxygen atoms in total. The Morgan fingerprint density at radius 2 is 1.94 bits per heavy atom. The second-order valence-electron chi connectivity index (χ2n) is 5.02. The quantitative estimate of drug-likeness (QED) is 0.797. The largest absolute Gasteiger partial charge is 0.399 e. The van der Waals surface area contributed by atoms with Crippen LogP contribution in [0.25, 0.3) is 0 Å². The van der Waals surface area contributed by atoms with Crippen molar-refractivity contribution in [2.75, 3.05) is 39.0 Å². The van der Waals surface area contributed by atoms with Crippen LogP contribution in [0.5, 0.6) is 0 Å². The molecule has 1 unspecified atom stereocenters. The van der Waals surface area contributed by atoms with Crippen LogP contribution in [0.4, 0.5) is 5.69 Å². The van der Waals surface area contributed by atoms with Crippen molar-refractivity contribution in [3.05, 3.63) is 29.8 Å². The van der Waals surface area contributed by atoms with Crippen LogP contribution in [0.1, 0.15) is 18.4 Å². The van der Waals surface area contributed by atoms with Crippen molar-refractivity contribution in [1.82, 2.24) is 9.80 Å². The average Bonchev–Trinajstić information content (AvgIpc) is 2.38. The molecule has 0 spiro atoms. The number of rotatable bonds is 2. The molecule has 1 atom stereocenters. The summed E-state index contributed by atoms with van der Waals surface area (Å²) in [5, 5.41) is 0. The number of nitrogen functional groups attached to an aromatic ring is 1. The van der Waals surface area contributed by atoms with Gasteiger partial charge in [-0.1, -0.05) is 12.1 Å². The first-order valence-electron chi connectivity index (χ1n) is 6.40. The maximum atomic E-state index is 12.4. The van der Waals surface area contributed by atoms with Gasteiger partial charge >= 0.3 is 0 Å². The van der Waals surface area contributed by atoms with Crippen molar-refractivity contribution < 1.29 is 4.79 Å². The molecule has 0 aliphatic carbocycles. The second-order valence-corrected chi connectivity index (χ2v) is 5.02. The van der Waals surface area contributed by atoms with Gasteiger partial charge in [-0.2, -0.15) is 0 Å². The lowest BCUT2D eigenvalue weighted by molar-refractivity contribution is -0.134. The third-order valence-electron chi connectivity index (χ3n) is 3.60. The summed E-state index contributed by atoms with van der Waals surface area (Å²) in [4.78, 5) is 16.6. The highest BCUT2D eigenvalue weighted by Crippen LogP contribution is 2.20. The minimum Gasteiger partial charge on any atom is -0.399 e. The molecule has 1 fully saturated rings. The van der Waals surface area contributed by atoms with Crippen LogP contribution in [0.15, 0.2) is 24.3 Å². The minimum atomic E-state index is -0.114. The Hall–Kier alpha value is -1.55. The van der Waals surface area contributed by atoms with Gasteiger partial charge in [0.2, 0.25) is 5.91 Å². The highest BCUT2D eigenvalue weighted by molar-refractivity contribution is 5.83. The van der Waals surface area contributed by atoms with Crippen LogP contribution in [0, 0.1) is 0 Å². The molecular formula is C14H21N3O. The molecule has 2 N–H and O–H groups in total. The number of amides is 1. The van der Waals surface area contributed by atoms with Crippen molar-refractivity contribution in [1.29, 1.82) is 0 Å². The molecule has 1 saturated heterocycles. The molecule has 1 aromatic carbocycles. The molecule has 1 aliphatic heterocycles. The summed E-state index contributed by atoms with van der Waals surface area (Å²) >= 11 is 0. The smallest absolute Gasteiger partial charge is 0.229 e. The fourth-order valence-electron chi connectivity index (χ4n) is 2.27. The maximum absolute atomic E-state index is 12.4. The molecule has 1 aromatic rings. The number of nitrogens with two attached hydrogens (primary N) is 1. The number of benzene rings is 1. The lowest BCUT2D eigenvalue weighted by Gasteiger charge is -2.34. The molecule has 4 heteroatoms. The second kappa shape index (κ2) is 5.40. The Bertz CT molecular complexity index is 425. The van der Waals surface area contributed by atoms with Gasteiger partial charge < -0.3 is 15.5 Å². The van der Waals surface area contributed by atoms with E-state index in [4.69, 9.17) is 5.73 Å². The first-order chi connectivity index (χ1) is 8.58. The molecule has 1 heterocycles. The zero-order chi connectivity index (χ0) is 13.1. The van der Waals surface area contributed by atoms with E-state index in [0.717, 1.165) is 31.7 Å². The highest BCUT2D eigenvalue weighted by Gasteiger charge is 2.24. The van der Waals surface area contributed by atoms with Crippen LogP contribution in [0.2, 0.25) is 0 Å². The number of piperazine rings is 1. The van der Waals surface area contributed by atoms with Crippen molar-refractivity contribution in [3.8, 4) is 0 Å². The normalized spacial score (nSPS) is 18.7. The van der Waals surface area contributed by atoms with Gasteiger partial charge in [-0.3, -0.25) is 4.79 Å². The van der Waals surface area contributed by atoms with Gasteiger partial charge in [0, 0.05) is 31.9 Å². The molecule has 0 bridgehead atoms. The van der Waals surface area contributed by atoms with Gasteiger partial charge in [0.25, 0.3) is 0 Å². The van der Waals surface area contributed by atoms with Gasteiger partial charge in [-0.15, -0.1) is 0 Å². The third-order valence-corrected chi connectivity index (χ3v) is 3.60. The lowest BCUT2D eigenvalue weighted by Crippen LogP contribution is -2.48. The molecule has 0 aromatic heterocycles. The number of carbonyl (C=O) groups is 1. The summed E-state index contributed by atoms with van der Waals surface area (Å²) in [7, 11) is 2.09. The summed E-state index contributed by atoms with van der Waals surface area (Å²) in [6.45, 7) is 5.50. The standard InChI is InChI=1S/C14H21N3O/c1-11(12-4-3-5-13(15)10-12)14(18)17-8-6-16(2)7-9-17/h3-5,10-11H,6-9,15H2,1-2H3. The highest BCUT2D eigenvalue weighted by atomic mass is 16.2. The van der Waals surface area contributed by atoms with Gasteiger partial charge in [0.05, 0.1) is 5.92 Å². The number of hydrogen-bond acceptors (Lipinski definition) is 3. The SMILES string of the molecule is CC(C(=O)N1CCN(C)CC1)c1cccc(N)c1. The van der Waals surface area contributed by atoms with Crippen LogP contribution in [-0.2, 0) is 4.79 Å². The number of likely N-dealkylation sites (N-methyl/N-ethyl adjacent to an activating group) is 1. The predicted octanol–water partition coefficient (Wildman–Crippen LogP) is 1.15. The monoisotopic (exact) mass is 247 g/mol. The van der Waals surface area contributed by atoms with Crippen molar-refractivity contribution in [2.24, 2.45) is 0 Å². The summed E-state index contributed by atoms with van der Waals surface area (Å²) in [6, 6.07) is 7.60.